The average Bonchev–Trinajstić information content (AvgIpc) is 2.16. The Morgan fingerprint density at radius 3 is 2.67 bits per heavy atom. The predicted octanol–water partition coefficient (Wildman–Crippen LogP) is 1.83. The van der Waals surface area contributed by atoms with E-state index >= 15 is 0 Å². The molecule has 1 aromatic rings. The van der Waals surface area contributed by atoms with Crippen LogP contribution in [0.3, 0.4) is 0 Å². The van der Waals surface area contributed by atoms with E-state index in [0.29, 0.717) is 0 Å². The third-order valence-electron chi connectivity index (χ3n) is 1.76. The minimum absolute atomic E-state index is 0.0779. The summed E-state index contributed by atoms with van der Waals surface area (Å²) in [6.45, 7) is -0.0779. The van der Waals surface area contributed by atoms with Crippen LogP contribution in [-0.2, 0) is 6.54 Å². The zero-order valence-corrected chi connectivity index (χ0v) is 8.13. The fraction of sp³-hybridized carbons (Fsp3) is 0.250. The van der Waals surface area contributed by atoms with Crippen LogP contribution in [-0.4, -0.2) is 16.1 Å². The van der Waals surface area contributed by atoms with Crippen LogP contribution in [0.5, 0.6) is 0 Å². The smallest absolute Gasteiger partial charge is 0.355 e. The van der Waals surface area contributed by atoms with Crippen molar-refractivity contribution in [2.45, 2.75) is 13.0 Å². The molecule has 0 amide bonds. The molecule has 1 rings (SSSR count). The van der Waals surface area contributed by atoms with Crippen LogP contribution in [0.2, 0.25) is 5.02 Å². The molecule has 82 valence electrons. The highest BCUT2D eigenvalue weighted by Gasteiger charge is 2.24. The lowest BCUT2D eigenvalue weighted by Crippen LogP contribution is -2.10. The van der Waals surface area contributed by atoms with Crippen molar-refractivity contribution in [2.24, 2.45) is 5.73 Å². The van der Waals surface area contributed by atoms with Gasteiger partial charge in [0.05, 0.1) is 10.6 Å². The molecule has 0 unspecified atom stereocenters. The third kappa shape index (κ3) is 2.21. The summed E-state index contributed by atoms with van der Waals surface area (Å²) in [5, 5.41) is 8.28. The summed E-state index contributed by atoms with van der Waals surface area (Å²) in [6.07, 6.45) is -1.92. The number of rotatable bonds is 3. The molecule has 0 saturated heterocycles. The molecule has 4 nitrogen and oxygen atoms in total. The number of pyridine rings is 1. The summed E-state index contributed by atoms with van der Waals surface area (Å²) in [5.74, 6) is -1.55. The normalized spacial score (nSPS) is 10.7. The van der Waals surface area contributed by atoms with E-state index in [-0.39, 0.29) is 17.1 Å². The highest BCUT2D eigenvalue weighted by molar-refractivity contribution is 6.32. The zero-order valence-electron chi connectivity index (χ0n) is 7.38. The Hall–Kier alpha value is -1.27. The van der Waals surface area contributed by atoms with Crippen molar-refractivity contribution >= 4 is 17.6 Å². The zero-order chi connectivity index (χ0) is 11.6. The summed E-state index contributed by atoms with van der Waals surface area (Å²) in [4.78, 5) is 14.0. The van der Waals surface area contributed by atoms with Crippen LogP contribution in [0.4, 0.5) is 8.78 Å². The maximum absolute atomic E-state index is 12.5. The van der Waals surface area contributed by atoms with E-state index in [2.05, 4.69) is 4.98 Å². The van der Waals surface area contributed by atoms with Crippen LogP contribution in [0.1, 0.15) is 28.0 Å². The molecule has 3 N–H and O–H groups in total. The van der Waals surface area contributed by atoms with Crippen molar-refractivity contribution in [1.82, 2.24) is 4.98 Å². The second-order valence-corrected chi connectivity index (χ2v) is 3.05. The lowest BCUT2D eigenvalue weighted by Gasteiger charge is -2.09. The number of alkyl halides is 2. The Balaban J connectivity index is 3.44. The quantitative estimate of drug-likeness (QED) is 0.839. The van der Waals surface area contributed by atoms with E-state index in [1.54, 1.807) is 0 Å². The van der Waals surface area contributed by atoms with Crippen LogP contribution < -0.4 is 5.73 Å². The molecule has 0 atom stereocenters. The second kappa shape index (κ2) is 4.50. The minimum atomic E-state index is -3.00. The number of hydrogen-bond acceptors (Lipinski definition) is 3. The second-order valence-electron chi connectivity index (χ2n) is 2.67. The number of halogens is 3. The highest BCUT2D eigenvalue weighted by Crippen LogP contribution is 2.31. The van der Waals surface area contributed by atoms with Gasteiger partial charge in [0.1, 0.15) is 0 Å². The van der Waals surface area contributed by atoms with Gasteiger partial charge < -0.3 is 10.8 Å². The van der Waals surface area contributed by atoms with E-state index in [4.69, 9.17) is 22.4 Å². The molecule has 1 aromatic heterocycles. The molecule has 0 aliphatic heterocycles. The van der Waals surface area contributed by atoms with Gasteiger partial charge in [-0.25, -0.2) is 18.6 Å². The first-order valence-electron chi connectivity index (χ1n) is 3.87. The van der Waals surface area contributed by atoms with Gasteiger partial charge in [0.2, 0.25) is 0 Å². The largest absolute Gasteiger partial charge is 0.476 e. The van der Waals surface area contributed by atoms with Crippen molar-refractivity contribution in [3.05, 3.63) is 28.0 Å². The molecule has 0 aliphatic rings. The molecule has 0 aromatic carbocycles. The molecule has 15 heavy (non-hydrogen) atoms. The lowest BCUT2D eigenvalue weighted by atomic mass is 10.1. The van der Waals surface area contributed by atoms with Gasteiger partial charge in [0.15, 0.2) is 5.69 Å². The third-order valence-corrected chi connectivity index (χ3v) is 2.21. The Bertz CT molecular complexity index is 398. The number of aromatic nitrogens is 1. The van der Waals surface area contributed by atoms with Crippen LogP contribution in [0.25, 0.3) is 0 Å². The highest BCUT2D eigenvalue weighted by atomic mass is 35.5. The van der Waals surface area contributed by atoms with E-state index in [1.807, 2.05) is 0 Å². The van der Waals surface area contributed by atoms with Crippen molar-refractivity contribution in [1.29, 1.82) is 0 Å². The fourth-order valence-electron chi connectivity index (χ4n) is 1.06. The van der Waals surface area contributed by atoms with E-state index in [0.717, 1.165) is 6.20 Å². The number of nitrogens with two attached hydrogens (primary N) is 1. The molecule has 7 heteroatoms. The molecule has 1 heterocycles. The van der Waals surface area contributed by atoms with E-state index in [1.165, 1.54) is 0 Å². The van der Waals surface area contributed by atoms with Gasteiger partial charge in [-0.2, -0.15) is 0 Å². The number of nitrogens with zero attached hydrogens (tertiary/aromatic N) is 1. The van der Waals surface area contributed by atoms with E-state index in [9.17, 15) is 13.6 Å². The number of carboxylic acids is 1. The number of carbonyl (C=O) groups is 1. The molecular formula is C8H7ClF2N2O2. The van der Waals surface area contributed by atoms with Crippen LogP contribution >= 0.6 is 11.6 Å². The minimum Gasteiger partial charge on any atom is -0.476 e. The van der Waals surface area contributed by atoms with Crippen molar-refractivity contribution in [2.75, 3.05) is 0 Å². The van der Waals surface area contributed by atoms with Crippen LogP contribution in [0, 0.1) is 0 Å². The Morgan fingerprint density at radius 2 is 2.27 bits per heavy atom. The topological polar surface area (TPSA) is 76.2 Å². The average molecular weight is 237 g/mol. The van der Waals surface area contributed by atoms with Gasteiger partial charge in [-0.15, -0.1) is 0 Å². The summed E-state index contributed by atoms with van der Waals surface area (Å²) in [6, 6.07) is 0. The SMILES string of the molecule is NCc1cnc(C(=O)O)c(C(F)F)c1Cl. The maximum Gasteiger partial charge on any atom is 0.355 e. The molecular weight excluding hydrogens is 230 g/mol. The predicted molar refractivity (Wildman–Crippen MR) is 49.1 cm³/mol. The lowest BCUT2D eigenvalue weighted by molar-refractivity contribution is 0.0677. The van der Waals surface area contributed by atoms with Gasteiger partial charge in [-0.3, -0.25) is 0 Å². The number of carboxylic acid groups (broad SMARTS) is 1. The number of hydrogen-bond donors (Lipinski definition) is 2. The Labute approximate surface area is 88.7 Å². The molecule has 0 fully saturated rings. The number of aromatic carboxylic acids is 1. The molecule has 0 saturated carbocycles. The standard InChI is InChI=1S/C8H7ClF2N2O2/c9-5-3(1-12)2-13-6(8(14)15)4(5)7(10)11/h2,7H,1,12H2,(H,14,15). The molecule has 0 aliphatic carbocycles. The fourth-order valence-corrected chi connectivity index (χ4v) is 1.36. The monoisotopic (exact) mass is 236 g/mol. The summed E-state index contributed by atoms with van der Waals surface area (Å²) in [7, 11) is 0. The molecule has 0 bridgehead atoms. The van der Waals surface area contributed by atoms with Gasteiger partial charge in [0.25, 0.3) is 6.43 Å². The first kappa shape index (κ1) is 11.8. The van der Waals surface area contributed by atoms with Crippen LogP contribution in [0.15, 0.2) is 6.20 Å². The summed E-state index contributed by atoms with van der Waals surface area (Å²) < 4.78 is 25.1. The summed E-state index contributed by atoms with van der Waals surface area (Å²) in [5.41, 5.74) is 3.89. The van der Waals surface area contributed by atoms with Gasteiger partial charge in [-0.05, 0) is 0 Å². The summed E-state index contributed by atoms with van der Waals surface area (Å²) >= 11 is 5.59. The first-order chi connectivity index (χ1) is 6.99. The van der Waals surface area contributed by atoms with Gasteiger partial charge >= 0.3 is 5.97 Å². The maximum atomic E-state index is 12.5. The molecule has 0 radical (unpaired) electrons. The van der Waals surface area contributed by atoms with Gasteiger partial charge in [0, 0.05) is 18.3 Å². The Kier molecular flexibility index (Phi) is 3.54. The molecule has 0 spiro atoms. The van der Waals surface area contributed by atoms with Gasteiger partial charge in [-0.1, -0.05) is 11.6 Å². The Morgan fingerprint density at radius 1 is 1.67 bits per heavy atom. The van der Waals surface area contributed by atoms with Crippen molar-refractivity contribution in [3.8, 4) is 0 Å². The van der Waals surface area contributed by atoms with E-state index < -0.39 is 23.7 Å². The first-order valence-corrected chi connectivity index (χ1v) is 4.25. The van der Waals surface area contributed by atoms with Crippen molar-refractivity contribution < 1.29 is 18.7 Å². The van der Waals surface area contributed by atoms with Crippen molar-refractivity contribution in [3.63, 3.8) is 0 Å².